The molecule has 0 aliphatic carbocycles. The summed E-state index contributed by atoms with van der Waals surface area (Å²) in [6.07, 6.45) is 0. The summed E-state index contributed by atoms with van der Waals surface area (Å²) < 4.78 is 0. The van der Waals surface area contributed by atoms with Crippen molar-refractivity contribution in [2.24, 2.45) is 0 Å². The quantitative estimate of drug-likeness (QED) is 0.240. The minimum Gasteiger partial charge on any atom is -0.345 e. The van der Waals surface area contributed by atoms with Gasteiger partial charge in [0.05, 0.1) is 16.1 Å². The number of hydrogen-bond donors (Lipinski definition) is 0. The molecular weight excluding hydrogens is 483 g/mol. The van der Waals surface area contributed by atoms with Crippen LogP contribution in [0.2, 0.25) is 26.2 Å². The maximum Gasteiger partial charge on any atom is 0.253 e. The monoisotopic (exact) mass is 521 g/mol. The van der Waals surface area contributed by atoms with Gasteiger partial charge in [0.1, 0.15) is 0 Å². The van der Waals surface area contributed by atoms with Crippen LogP contribution in [0.1, 0.15) is 32.6 Å². The molecule has 0 heterocycles. The minimum absolute atomic E-state index is 0.0428. The van der Waals surface area contributed by atoms with Gasteiger partial charge in [0.25, 0.3) is 5.91 Å². The number of amides is 1. The smallest absolute Gasteiger partial charge is 0.253 e. The molecule has 0 bridgehead atoms. The predicted molar refractivity (Wildman–Crippen MR) is 163 cm³/mol. The van der Waals surface area contributed by atoms with Crippen LogP contribution in [0.3, 0.4) is 0 Å². The van der Waals surface area contributed by atoms with Gasteiger partial charge in [0.15, 0.2) is 0 Å². The zero-order valence-corrected chi connectivity index (χ0v) is 25.0. The van der Waals surface area contributed by atoms with Crippen LogP contribution in [-0.2, 0) is 0 Å². The van der Waals surface area contributed by atoms with Gasteiger partial charge in [-0.1, -0.05) is 140 Å². The molecule has 190 valence electrons. The van der Waals surface area contributed by atoms with Crippen molar-refractivity contribution in [3.05, 3.63) is 132 Å². The van der Waals surface area contributed by atoms with E-state index in [9.17, 15) is 4.79 Å². The van der Waals surface area contributed by atoms with Crippen LogP contribution in [0.4, 0.5) is 0 Å². The third-order valence-corrected chi connectivity index (χ3v) is 16.4. The van der Waals surface area contributed by atoms with Crippen molar-refractivity contribution in [3.8, 4) is 0 Å². The van der Waals surface area contributed by atoms with Gasteiger partial charge in [-0.3, -0.25) is 4.79 Å². The zero-order chi connectivity index (χ0) is 26.6. The van der Waals surface area contributed by atoms with Gasteiger partial charge >= 0.3 is 0 Å². The van der Waals surface area contributed by atoms with Crippen LogP contribution in [0.5, 0.6) is 0 Å². The first-order valence-electron chi connectivity index (χ1n) is 13.1. The van der Waals surface area contributed by atoms with E-state index in [0.29, 0.717) is 11.1 Å². The van der Waals surface area contributed by atoms with E-state index < -0.39 is 16.1 Å². The SMILES string of the molecule is CN(C)C(=O)c1ccc(C(C(c2ccccc2)[Si](C)(C)c2ccccc2)[Si](C)(C)c2ccccc2)cc1. The molecule has 1 amide bonds. The fourth-order valence-corrected chi connectivity index (χ4v) is 15.3. The van der Waals surface area contributed by atoms with E-state index in [0.717, 1.165) is 5.56 Å². The molecular formula is C33H39NOSi2. The van der Waals surface area contributed by atoms with Crippen molar-refractivity contribution in [1.82, 2.24) is 4.90 Å². The van der Waals surface area contributed by atoms with Crippen molar-refractivity contribution < 1.29 is 4.79 Å². The van der Waals surface area contributed by atoms with Crippen LogP contribution in [0.25, 0.3) is 0 Å². The fraction of sp³-hybridized carbons (Fsp3) is 0.242. The van der Waals surface area contributed by atoms with Crippen LogP contribution in [-0.4, -0.2) is 41.1 Å². The van der Waals surface area contributed by atoms with E-state index in [-0.39, 0.29) is 5.91 Å². The van der Waals surface area contributed by atoms with E-state index in [1.165, 1.54) is 21.5 Å². The molecule has 0 spiro atoms. The van der Waals surface area contributed by atoms with Gasteiger partial charge in [0, 0.05) is 19.7 Å². The lowest BCUT2D eigenvalue weighted by molar-refractivity contribution is 0.0827. The molecule has 4 aromatic carbocycles. The fourth-order valence-electron chi connectivity index (χ4n) is 5.90. The Morgan fingerprint density at radius 2 is 0.892 bits per heavy atom. The van der Waals surface area contributed by atoms with Gasteiger partial charge in [-0.15, -0.1) is 0 Å². The zero-order valence-electron chi connectivity index (χ0n) is 23.0. The lowest BCUT2D eigenvalue weighted by Crippen LogP contribution is -2.58. The second-order valence-electron chi connectivity index (χ2n) is 11.4. The van der Waals surface area contributed by atoms with Crippen molar-refractivity contribution in [1.29, 1.82) is 0 Å². The Labute approximate surface area is 225 Å². The minimum atomic E-state index is -2.07. The van der Waals surface area contributed by atoms with Gasteiger partial charge in [-0.2, -0.15) is 0 Å². The standard InChI is InChI=1S/C33H39NOSi2/c1-34(2)33(35)28-24-22-27(23-25-28)32(37(5,6)30-20-14-9-15-21-30)31(26-16-10-7-11-17-26)36(3,4)29-18-12-8-13-19-29/h7-25,31-32H,1-6H3. The number of carbonyl (C=O) groups is 1. The van der Waals surface area contributed by atoms with Crippen LogP contribution in [0.15, 0.2) is 115 Å². The molecule has 4 aromatic rings. The molecule has 0 aromatic heterocycles. The van der Waals surface area contributed by atoms with Crippen LogP contribution >= 0.6 is 0 Å². The summed E-state index contributed by atoms with van der Waals surface area (Å²) in [5, 5.41) is 2.94. The molecule has 37 heavy (non-hydrogen) atoms. The van der Waals surface area contributed by atoms with Crippen molar-refractivity contribution in [2.45, 2.75) is 37.3 Å². The third kappa shape index (κ3) is 5.56. The molecule has 0 N–H and O–H groups in total. The number of benzene rings is 4. The summed E-state index contributed by atoms with van der Waals surface area (Å²) in [6, 6.07) is 41.9. The van der Waals surface area contributed by atoms with E-state index in [1.54, 1.807) is 4.90 Å². The summed E-state index contributed by atoms with van der Waals surface area (Å²) in [7, 11) is -0.478. The lowest BCUT2D eigenvalue weighted by Gasteiger charge is -2.46. The van der Waals surface area contributed by atoms with E-state index in [1.807, 2.05) is 26.2 Å². The molecule has 2 unspecified atom stereocenters. The Hall–Kier alpha value is -3.22. The maximum absolute atomic E-state index is 12.7. The van der Waals surface area contributed by atoms with Crippen molar-refractivity contribution in [3.63, 3.8) is 0 Å². The highest BCUT2D eigenvalue weighted by Crippen LogP contribution is 2.45. The van der Waals surface area contributed by atoms with Gasteiger partial charge in [-0.05, 0) is 34.3 Å². The first-order chi connectivity index (χ1) is 17.6. The Kier molecular flexibility index (Phi) is 8.00. The summed E-state index contributed by atoms with van der Waals surface area (Å²) in [4.78, 5) is 14.3. The Morgan fingerprint density at radius 1 is 0.541 bits per heavy atom. The molecule has 0 radical (unpaired) electrons. The largest absolute Gasteiger partial charge is 0.345 e. The number of hydrogen-bond acceptors (Lipinski definition) is 1. The van der Waals surface area contributed by atoms with Gasteiger partial charge in [0.2, 0.25) is 0 Å². The average molecular weight is 522 g/mol. The van der Waals surface area contributed by atoms with Gasteiger partial charge < -0.3 is 4.90 Å². The number of carbonyl (C=O) groups excluding carboxylic acids is 1. The number of rotatable bonds is 8. The summed E-state index contributed by atoms with van der Waals surface area (Å²) in [5.41, 5.74) is 4.19. The highest BCUT2D eigenvalue weighted by atomic mass is 28.3. The van der Waals surface area contributed by atoms with Crippen LogP contribution in [0, 0.1) is 0 Å². The van der Waals surface area contributed by atoms with E-state index in [4.69, 9.17) is 0 Å². The summed E-state index contributed by atoms with van der Waals surface area (Å²) >= 11 is 0. The molecule has 0 aliphatic rings. The second kappa shape index (κ2) is 11.0. The molecule has 2 nitrogen and oxygen atoms in total. The highest BCUT2D eigenvalue weighted by Gasteiger charge is 2.48. The third-order valence-electron chi connectivity index (χ3n) is 8.01. The van der Waals surface area contributed by atoms with E-state index >= 15 is 0 Å². The first-order valence-corrected chi connectivity index (χ1v) is 19.3. The second-order valence-corrected chi connectivity index (χ2v) is 20.6. The van der Waals surface area contributed by atoms with Crippen molar-refractivity contribution in [2.75, 3.05) is 14.1 Å². The Balaban J connectivity index is 1.96. The summed E-state index contributed by atoms with van der Waals surface area (Å²) in [5.74, 6) is 0.0428. The molecule has 0 saturated carbocycles. The lowest BCUT2D eigenvalue weighted by atomic mass is 10.0. The highest BCUT2D eigenvalue weighted by molar-refractivity contribution is 6.96. The Morgan fingerprint density at radius 3 is 1.27 bits per heavy atom. The first kappa shape index (κ1) is 26.8. The average Bonchev–Trinajstić information content (AvgIpc) is 2.92. The predicted octanol–water partition coefficient (Wildman–Crippen LogP) is 6.57. The molecule has 0 saturated heterocycles. The topological polar surface area (TPSA) is 20.3 Å². The molecule has 4 heteroatoms. The molecule has 0 aliphatic heterocycles. The van der Waals surface area contributed by atoms with Gasteiger partial charge in [-0.25, -0.2) is 0 Å². The molecule has 4 rings (SSSR count). The van der Waals surface area contributed by atoms with Crippen molar-refractivity contribution >= 4 is 32.4 Å². The summed E-state index contributed by atoms with van der Waals surface area (Å²) in [6.45, 7) is 10.1. The normalized spacial score (nSPS) is 13.6. The Bertz CT molecular complexity index is 1300. The molecule has 0 fully saturated rings. The van der Waals surface area contributed by atoms with Crippen LogP contribution < -0.4 is 10.4 Å². The van der Waals surface area contributed by atoms with E-state index in [2.05, 4.69) is 129 Å². The number of nitrogens with zero attached hydrogens (tertiary/aromatic N) is 1. The molecule has 2 atom stereocenters. The maximum atomic E-state index is 12.7.